The number of aromatic amines is 1. The molecule has 1 aliphatic carbocycles. The number of hydrogen-bond donors (Lipinski definition) is 2. The first-order valence-electron chi connectivity index (χ1n) is 9.79. The van der Waals surface area contributed by atoms with Crippen molar-refractivity contribution in [3.05, 3.63) is 65.1 Å². The molecule has 0 spiro atoms. The smallest absolute Gasteiger partial charge is 0.147 e. The predicted molar refractivity (Wildman–Crippen MR) is 107 cm³/mol. The van der Waals surface area contributed by atoms with Crippen LogP contribution in [0.25, 0.3) is 10.9 Å². The molecule has 1 saturated heterocycles. The summed E-state index contributed by atoms with van der Waals surface area (Å²) >= 11 is 0. The molecule has 0 radical (unpaired) electrons. The maximum atomic E-state index is 14.4. The summed E-state index contributed by atoms with van der Waals surface area (Å²) in [7, 11) is 3.72. The third-order valence-corrected chi connectivity index (χ3v) is 6.89. The van der Waals surface area contributed by atoms with Crippen molar-refractivity contribution in [2.45, 2.75) is 30.3 Å². The molecule has 2 N–H and O–H groups in total. The molecule has 2 aromatic carbocycles. The molecular formula is C23H25FN2O2. The second-order valence-electron chi connectivity index (χ2n) is 8.43. The van der Waals surface area contributed by atoms with Crippen molar-refractivity contribution < 1.29 is 14.2 Å². The largest absolute Gasteiger partial charge is 0.497 e. The van der Waals surface area contributed by atoms with E-state index in [1.165, 1.54) is 6.07 Å². The highest BCUT2D eigenvalue weighted by Crippen LogP contribution is 2.51. The molecular weight excluding hydrogens is 355 g/mol. The first-order valence-corrected chi connectivity index (χ1v) is 9.79. The van der Waals surface area contributed by atoms with E-state index in [0.29, 0.717) is 24.9 Å². The van der Waals surface area contributed by atoms with Crippen molar-refractivity contribution in [1.29, 1.82) is 0 Å². The summed E-state index contributed by atoms with van der Waals surface area (Å²) in [5.41, 5.74) is 2.36. The first kappa shape index (κ1) is 17.7. The average Bonchev–Trinajstić information content (AvgIpc) is 3.04. The van der Waals surface area contributed by atoms with Crippen LogP contribution in [-0.4, -0.2) is 47.8 Å². The van der Waals surface area contributed by atoms with Crippen LogP contribution < -0.4 is 4.74 Å². The number of aliphatic hydroxyl groups is 1. The van der Waals surface area contributed by atoms with E-state index in [9.17, 15) is 9.50 Å². The lowest BCUT2D eigenvalue weighted by molar-refractivity contribution is -0.0972. The van der Waals surface area contributed by atoms with E-state index in [4.69, 9.17) is 4.74 Å². The van der Waals surface area contributed by atoms with Gasteiger partial charge in [0.1, 0.15) is 11.6 Å². The van der Waals surface area contributed by atoms with Crippen LogP contribution in [0.1, 0.15) is 23.2 Å². The van der Waals surface area contributed by atoms with Crippen molar-refractivity contribution in [3.8, 4) is 5.75 Å². The number of ether oxygens (including phenoxy) is 1. The molecule has 2 aliphatic rings. The second kappa shape index (κ2) is 6.06. The lowest BCUT2D eigenvalue weighted by Gasteiger charge is -2.56. The number of likely N-dealkylation sites (N-methyl/N-ethyl adjacent to an activating group) is 1. The van der Waals surface area contributed by atoms with Gasteiger partial charge in [0, 0.05) is 35.9 Å². The number of methoxy groups -OCH3 is 1. The minimum atomic E-state index is -0.930. The van der Waals surface area contributed by atoms with E-state index in [-0.39, 0.29) is 5.82 Å². The van der Waals surface area contributed by atoms with E-state index < -0.39 is 11.0 Å². The first-order chi connectivity index (χ1) is 13.5. The third-order valence-electron chi connectivity index (χ3n) is 6.89. The van der Waals surface area contributed by atoms with Gasteiger partial charge >= 0.3 is 0 Å². The normalized spacial score (nSPS) is 27.4. The summed E-state index contributed by atoms with van der Waals surface area (Å²) in [6, 6.07) is 13.2. The van der Waals surface area contributed by atoms with E-state index in [0.717, 1.165) is 40.9 Å². The van der Waals surface area contributed by atoms with Crippen LogP contribution in [0.5, 0.6) is 5.75 Å². The Kier molecular flexibility index (Phi) is 3.83. The standard InChI is InChI=1S/C23H25FN2O2/c1-26-10-9-22(15-5-3-6-16(11-15)28-2)13-20-18(12-23(22,27)14-26)17-7-4-8-19(24)21(17)25-20/h3-8,11,25,27H,9-10,12-14H2,1-2H3/t22-,23-/m0/s1. The Morgan fingerprint density at radius 3 is 2.82 bits per heavy atom. The Hall–Kier alpha value is -2.37. The fourth-order valence-electron chi connectivity index (χ4n) is 5.44. The fourth-order valence-corrected chi connectivity index (χ4v) is 5.44. The van der Waals surface area contributed by atoms with Gasteiger partial charge in [-0.1, -0.05) is 24.3 Å². The number of likely N-dealkylation sites (tertiary alicyclic amines) is 1. The molecule has 0 saturated carbocycles. The van der Waals surface area contributed by atoms with Crippen LogP contribution in [0.15, 0.2) is 42.5 Å². The summed E-state index contributed by atoms with van der Waals surface area (Å²) < 4.78 is 19.9. The number of β-amino-alcohol motifs (C(OH)–C–C–N with tert-alkyl or cyclic N) is 1. The molecule has 3 aromatic rings. The van der Waals surface area contributed by atoms with Crippen molar-refractivity contribution in [2.75, 3.05) is 27.2 Å². The van der Waals surface area contributed by atoms with Crippen LogP contribution in [-0.2, 0) is 18.3 Å². The molecule has 0 amide bonds. The van der Waals surface area contributed by atoms with Crippen molar-refractivity contribution in [1.82, 2.24) is 9.88 Å². The van der Waals surface area contributed by atoms with E-state index in [1.807, 2.05) is 24.3 Å². The molecule has 0 unspecified atom stereocenters. The van der Waals surface area contributed by atoms with Crippen LogP contribution in [0.4, 0.5) is 4.39 Å². The maximum absolute atomic E-state index is 14.4. The predicted octanol–water partition coefficient (Wildman–Crippen LogP) is 3.42. The van der Waals surface area contributed by atoms with Crippen molar-refractivity contribution >= 4 is 10.9 Å². The number of rotatable bonds is 2. The number of fused-ring (bicyclic) bond motifs is 4. The van der Waals surface area contributed by atoms with Gasteiger partial charge in [0.15, 0.2) is 0 Å². The third kappa shape index (κ3) is 2.36. The average molecular weight is 380 g/mol. The summed E-state index contributed by atoms with van der Waals surface area (Å²) in [6.07, 6.45) is 2.01. The molecule has 1 fully saturated rings. The summed E-state index contributed by atoms with van der Waals surface area (Å²) in [5.74, 6) is 0.552. The number of H-pyrrole nitrogens is 1. The Morgan fingerprint density at radius 1 is 1.18 bits per heavy atom. The molecule has 28 heavy (non-hydrogen) atoms. The van der Waals surface area contributed by atoms with Crippen LogP contribution in [0.3, 0.4) is 0 Å². The van der Waals surface area contributed by atoms with Crippen LogP contribution >= 0.6 is 0 Å². The zero-order valence-electron chi connectivity index (χ0n) is 16.3. The van der Waals surface area contributed by atoms with Gasteiger partial charge in [0.05, 0.1) is 18.2 Å². The number of nitrogens with one attached hydrogen (secondary N) is 1. The zero-order valence-corrected chi connectivity index (χ0v) is 16.3. The molecule has 146 valence electrons. The Morgan fingerprint density at radius 2 is 2.00 bits per heavy atom. The number of halogens is 1. The highest BCUT2D eigenvalue weighted by atomic mass is 19.1. The molecule has 1 aromatic heterocycles. The Balaban J connectivity index is 1.73. The van der Waals surface area contributed by atoms with Crippen LogP contribution in [0.2, 0.25) is 0 Å². The lowest BCUT2D eigenvalue weighted by atomic mass is 9.56. The van der Waals surface area contributed by atoms with Crippen molar-refractivity contribution in [3.63, 3.8) is 0 Å². The highest BCUT2D eigenvalue weighted by molar-refractivity contribution is 5.86. The molecule has 5 heteroatoms. The number of aromatic nitrogens is 1. The number of benzene rings is 2. The fraction of sp³-hybridized carbons (Fsp3) is 0.391. The van der Waals surface area contributed by atoms with E-state index in [2.05, 4.69) is 23.0 Å². The number of para-hydroxylation sites is 1. The molecule has 2 atom stereocenters. The van der Waals surface area contributed by atoms with Crippen molar-refractivity contribution in [2.24, 2.45) is 0 Å². The van der Waals surface area contributed by atoms with E-state index in [1.54, 1.807) is 13.2 Å². The van der Waals surface area contributed by atoms with Gasteiger partial charge in [-0.2, -0.15) is 0 Å². The van der Waals surface area contributed by atoms with E-state index >= 15 is 0 Å². The zero-order chi connectivity index (χ0) is 19.5. The minimum Gasteiger partial charge on any atom is -0.497 e. The second-order valence-corrected chi connectivity index (χ2v) is 8.43. The van der Waals surface area contributed by atoms with Gasteiger partial charge in [-0.05, 0) is 49.3 Å². The Bertz CT molecular complexity index is 1060. The van der Waals surface area contributed by atoms with Gasteiger partial charge in [-0.3, -0.25) is 0 Å². The number of hydrogen-bond acceptors (Lipinski definition) is 3. The van der Waals surface area contributed by atoms with Gasteiger partial charge in [-0.15, -0.1) is 0 Å². The highest BCUT2D eigenvalue weighted by Gasteiger charge is 2.57. The molecule has 5 rings (SSSR count). The summed E-state index contributed by atoms with van der Waals surface area (Å²) in [4.78, 5) is 5.53. The number of piperidine rings is 1. The van der Waals surface area contributed by atoms with Gasteiger partial charge in [-0.25, -0.2) is 4.39 Å². The van der Waals surface area contributed by atoms with Gasteiger partial charge in [0.25, 0.3) is 0 Å². The SMILES string of the molecule is COc1cccc([C@@]23CCN(C)C[C@@]2(O)Cc2c([nH]c4c(F)cccc24)C3)c1. The molecule has 2 heterocycles. The summed E-state index contributed by atoms with van der Waals surface area (Å²) in [6.45, 7) is 1.50. The topological polar surface area (TPSA) is 48.5 Å². The molecule has 4 nitrogen and oxygen atoms in total. The molecule has 0 bridgehead atoms. The minimum absolute atomic E-state index is 0.241. The molecule has 1 aliphatic heterocycles. The van der Waals surface area contributed by atoms with Gasteiger partial charge in [0.2, 0.25) is 0 Å². The monoisotopic (exact) mass is 380 g/mol. The summed E-state index contributed by atoms with van der Waals surface area (Å²) in [5, 5.41) is 12.9. The number of nitrogens with zero attached hydrogens (tertiary/aromatic N) is 1. The Labute approximate surface area is 163 Å². The lowest BCUT2D eigenvalue weighted by Crippen LogP contribution is -2.65. The maximum Gasteiger partial charge on any atom is 0.147 e. The van der Waals surface area contributed by atoms with Crippen LogP contribution in [0, 0.1) is 5.82 Å². The van der Waals surface area contributed by atoms with Gasteiger partial charge < -0.3 is 19.7 Å². The quantitative estimate of drug-likeness (QED) is 0.716.